The molecule has 5 heteroatoms. The first-order chi connectivity index (χ1) is 18.2. The van der Waals surface area contributed by atoms with Crippen LogP contribution in [-0.2, 0) is 26.4 Å². The minimum absolute atomic E-state index is 0.430. The van der Waals surface area contributed by atoms with Gasteiger partial charge in [0.05, 0.1) is 10.9 Å². The van der Waals surface area contributed by atoms with Gasteiger partial charge < -0.3 is 24.1 Å². The van der Waals surface area contributed by atoms with Crippen molar-refractivity contribution >= 4 is 10.9 Å². The molecule has 5 aromatic rings. The third-order valence-electron chi connectivity index (χ3n) is 6.11. The van der Waals surface area contributed by atoms with Crippen LogP contribution < -0.4 is 14.2 Å². The predicted molar refractivity (Wildman–Crippen MR) is 148 cm³/mol. The second-order valence-electron chi connectivity index (χ2n) is 9.33. The van der Waals surface area contributed by atoms with Gasteiger partial charge in [0, 0.05) is 18.8 Å². The molecule has 37 heavy (non-hydrogen) atoms. The van der Waals surface area contributed by atoms with Gasteiger partial charge in [-0.25, -0.2) is 0 Å². The Labute approximate surface area is 218 Å². The van der Waals surface area contributed by atoms with Crippen LogP contribution >= 0.6 is 0 Å². The van der Waals surface area contributed by atoms with Crippen LogP contribution in [0.2, 0.25) is 0 Å². The maximum atomic E-state index is 6.50. The highest BCUT2D eigenvalue weighted by molar-refractivity contribution is 5.96. The molecule has 0 amide bonds. The molecule has 1 N–H and O–H groups in total. The van der Waals surface area contributed by atoms with Crippen LogP contribution in [0.5, 0.6) is 17.2 Å². The monoisotopic (exact) mass is 492 g/mol. The first-order valence-corrected chi connectivity index (χ1v) is 12.5. The average molecular weight is 493 g/mol. The van der Waals surface area contributed by atoms with Gasteiger partial charge in [0.1, 0.15) is 25.6 Å². The Bertz CT molecular complexity index is 1410. The van der Waals surface area contributed by atoms with Crippen molar-refractivity contribution in [3.63, 3.8) is 0 Å². The maximum absolute atomic E-state index is 6.50. The van der Waals surface area contributed by atoms with Crippen LogP contribution in [-0.4, -0.2) is 24.0 Å². The van der Waals surface area contributed by atoms with E-state index in [1.165, 1.54) is 0 Å². The molecule has 5 rings (SSSR count). The molecule has 0 spiro atoms. The van der Waals surface area contributed by atoms with Gasteiger partial charge in [-0.3, -0.25) is 0 Å². The third kappa shape index (κ3) is 6.13. The van der Waals surface area contributed by atoms with Crippen LogP contribution in [0.1, 0.15) is 22.3 Å². The van der Waals surface area contributed by atoms with Crippen molar-refractivity contribution in [1.29, 1.82) is 0 Å². The number of aromatic nitrogens is 1. The molecule has 0 aliphatic heterocycles. The molecule has 0 aliphatic carbocycles. The Morgan fingerprint density at radius 2 is 1.11 bits per heavy atom. The van der Waals surface area contributed by atoms with Gasteiger partial charge in [0.25, 0.3) is 0 Å². The SMILES string of the molecule is CN(C)Cc1c[nH]c2c(OCc3ccccc3)cc(OCc3ccccc3)c(OCc3ccccc3)c12. The summed E-state index contributed by atoms with van der Waals surface area (Å²) in [5, 5.41) is 0.984. The quantitative estimate of drug-likeness (QED) is 0.216. The average Bonchev–Trinajstić information content (AvgIpc) is 3.34. The third-order valence-corrected chi connectivity index (χ3v) is 6.11. The lowest BCUT2D eigenvalue weighted by molar-refractivity contribution is 0.254. The summed E-state index contributed by atoms with van der Waals surface area (Å²) in [4.78, 5) is 5.60. The number of nitrogens with zero attached hydrogens (tertiary/aromatic N) is 1. The second kappa shape index (κ2) is 11.7. The highest BCUT2D eigenvalue weighted by atomic mass is 16.5. The lowest BCUT2D eigenvalue weighted by atomic mass is 10.1. The summed E-state index contributed by atoms with van der Waals surface area (Å²) in [6, 6.07) is 32.5. The molecule has 0 radical (unpaired) electrons. The Hall–Kier alpha value is -4.22. The Balaban J connectivity index is 1.56. The molecule has 188 valence electrons. The lowest BCUT2D eigenvalue weighted by Gasteiger charge is -2.18. The van der Waals surface area contributed by atoms with Gasteiger partial charge >= 0.3 is 0 Å². The zero-order valence-corrected chi connectivity index (χ0v) is 21.3. The van der Waals surface area contributed by atoms with Crippen molar-refractivity contribution in [1.82, 2.24) is 9.88 Å². The molecular formula is C32H32N2O3. The highest BCUT2D eigenvalue weighted by Crippen LogP contribution is 2.44. The summed E-state index contributed by atoms with van der Waals surface area (Å²) in [5.74, 6) is 2.12. The first-order valence-electron chi connectivity index (χ1n) is 12.5. The summed E-state index contributed by atoms with van der Waals surface area (Å²) in [6.45, 7) is 2.08. The highest BCUT2D eigenvalue weighted by Gasteiger charge is 2.21. The van der Waals surface area contributed by atoms with Crippen LogP contribution in [0.15, 0.2) is 103 Å². The summed E-state index contributed by atoms with van der Waals surface area (Å²) < 4.78 is 19.3. The first kappa shape index (κ1) is 24.5. The standard InChI is InChI=1S/C32H32N2O3/c1-34(2)20-27-19-33-31-28(35-21-24-12-6-3-7-13-24)18-29(36-22-25-14-8-4-9-15-25)32(30(27)31)37-23-26-16-10-5-11-17-26/h3-19,33H,20-23H2,1-2H3. The zero-order chi connectivity index (χ0) is 25.5. The van der Waals surface area contributed by atoms with E-state index in [-0.39, 0.29) is 0 Å². The van der Waals surface area contributed by atoms with Crippen molar-refractivity contribution in [2.45, 2.75) is 26.4 Å². The number of H-pyrrole nitrogens is 1. The fraction of sp³-hybridized carbons (Fsp3) is 0.188. The Morgan fingerprint density at radius 1 is 0.622 bits per heavy atom. The van der Waals surface area contributed by atoms with Gasteiger partial charge in [-0.05, 0) is 36.3 Å². The van der Waals surface area contributed by atoms with Crippen LogP contribution in [0.3, 0.4) is 0 Å². The molecule has 4 aromatic carbocycles. The normalized spacial score (nSPS) is 11.1. The van der Waals surface area contributed by atoms with Gasteiger partial charge in [0.15, 0.2) is 11.5 Å². The molecule has 0 unspecified atom stereocenters. The fourth-order valence-corrected chi connectivity index (χ4v) is 4.33. The van der Waals surface area contributed by atoms with E-state index in [0.29, 0.717) is 25.6 Å². The van der Waals surface area contributed by atoms with Crippen molar-refractivity contribution in [3.8, 4) is 17.2 Å². The molecule has 0 saturated heterocycles. The van der Waals surface area contributed by atoms with E-state index in [0.717, 1.165) is 51.2 Å². The number of nitrogens with one attached hydrogen (secondary N) is 1. The number of fused-ring (bicyclic) bond motifs is 1. The number of hydrogen-bond acceptors (Lipinski definition) is 4. The Morgan fingerprint density at radius 3 is 1.62 bits per heavy atom. The zero-order valence-electron chi connectivity index (χ0n) is 21.3. The van der Waals surface area contributed by atoms with Crippen molar-refractivity contribution in [2.75, 3.05) is 14.1 Å². The molecule has 1 heterocycles. The molecule has 0 bridgehead atoms. The van der Waals surface area contributed by atoms with E-state index in [1.54, 1.807) is 0 Å². The number of hydrogen-bond donors (Lipinski definition) is 1. The van der Waals surface area contributed by atoms with E-state index in [4.69, 9.17) is 14.2 Å². The van der Waals surface area contributed by atoms with Gasteiger partial charge in [-0.1, -0.05) is 91.0 Å². The van der Waals surface area contributed by atoms with Crippen LogP contribution in [0.4, 0.5) is 0 Å². The Kier molecular flexibility index (Phi) is 7.72. The van der Waals surface area contributed by atoms with E-state index >= 15 is 0 Å². The van der Waals surface area contributed by atoms with E-state index < -0.39 is 0 Å². The van der Waals surface area contributed by atoms with Gasteiger partial charge in [-0.15, -0.1) is 0 Å². The van der Waals surface area contributed by atoms with Crippen molar-refractivity contribution in [2.24, 2.45) is 0 Å². The number of ether oxygens (including phenoxy) is 3. The summed E-state index contributed by atoms with van der Waals surface area (Å²) >= 11 is 0. The van der Waals surface area contributed by atoms with E-state index in [9.17, 15) is 0 Å². The van der Waals surface area contributed by atoms with E-state index in [1.807, 2.05) is 66.9 Å². The summed E-state index contributed by atoms with van der Waals surface area (Å²) in [7, 11) is 4.12. The second-order valence-corrected chi connectivity index (χ2v) is 9.33. The van der Waals surface area contributed by atoms with Gasteiger partial charge in [-0.2, -0.15) is 0 Å². The predicted octanol–water partition coefficient (Wildman–Crippen LogP) is 6.97. The molecular weight excluding hydrogens is 460 g/mol. The maximum Gasteiger partial charge on any atom is 0.171 e. The van der Waals surface area contributed by atoms with Crippen molar-refractivity contribution < 1.29 is 14.2 Å². The number of aromatic amines is 1. The summed E-state index contributed by atoms with van der Waals surface area (Å²) in [5.41, 5.74) is 5.32. The molecule has 0 aliphatic rings. The van der Waals surface area contributed by atoms with Gasteiger partial charge in [0.2, 0.25) is 0 Å². The molecule has 1 aromatic heterocycles. The van der Waals surface area contributed by atoms with Crippen LogP contribution in [0.25, 0.3) is 10.9 Å². The number of benzene rings is 4. The molecule has 0 atom stereocenters. The molecule has 0 fully saturated rings. The molecule has 5 nitrogen and oxygen atoms in total. The van der Waals surface area contributed by atoms with Crippen LogP contribution in [0, 0.1) is 0 Å². The number of rotatable bonds is 11. The van der Waals surface area contributed by atoms with E-state index in [2.05, 4.69) is 60.4 Å². The smallest absolute Gasteiger partial charge is 0.171 e. The minimum Gasteiger partial charge on any atom is -0.487 e. The largest absolute Gasteiger partial charge is 0.487 e. The summed E-state index contributed by atoms with van der Waals surface area (Å²) in [6.07, 6.45) is 2.04. The topological polar surface area (TPSA) is 46.7 Å². The van der Waals surface area contributed by atoms with Crippen molar-refractivity contribution in [3.05, 3.63) is 126 Å². The molecule has 0 saturated carbocycles. The lowest BCUT2D eigenvalue weighted by Crippen LogP contribution is -2.10. The minimum atomic E-state index is 0.430. The fourth-order valence-electron chi connectivity index (χ4n) is 4.33.